The van der Waals surface area contributed by atoms with Gasteiger partial charge in [0, 0.05) is 18.1 Å². The van der Waals surface area contributed by atoms with Gasteiger partial charge >= 0.3 is 0 Å². The first-order valence-electron chi connectivity index (χ1n) is 8.14. The van der Waals surface area contributed by atoms with Crippen molar-refractivity contribution >= 4 is 17.7 Å². The third-order valence-corrected chi connectivity index (χ3v) is 4.65. The van der Waals surface area contributed by atoms with Crippen LogP contribution in [0.15, 0.2) is 42.5 Å². The Bertz CT molecular complexity index is 685. The van der Waals surface area contributed by atoms with Crippen molar-refractivity contribution < 1.29 is 9.53 Å². The summed E-state index contributed by atoms with van der Waals surface area (Å²) in [7, 11) is 0. The van der Waals surface area contributed by atoms with Gasteiger partial charge in [-0.1, -0.05) is 42.0 Å². The van der Waals surface area contributed by atoms with Gasteiger partial charge in [0.15, 0.2) is 6.61 Å². The van der Waals surface area contributed by atoms with E-state index in [2.05, 4.69) is 36.5 Å². The SMILES string of the molecule is Cc1cccc(CSCCNC(=O)COc2cc(C)ccc2C)c1. The third kappa shape index (κ3) is 6.28. The Hall–Kier alpha value is -1.94. The first-order valence-corrected chi connectivity index (χ1v) is 9.30. The zero-order valence-electron chi connectivity index (χ0n) is 14.6. The Labute approximate surface area is 148 Å². The van der Waals surface area contributed by atoms with E-state index in [1.165, 1.54) is 11.1 Å². The van der Waals surface area contributed by atoms with E-state index in [1.54, 1.807) is 0 Å². The van der Waals surface area contributed by atoms with Gasteiger partial charge in [-0.3, -0.25) is 4.79 Å². The highest BCUT2D eigenvalue weighted by Crippen LogP contribution is 2.18. The van der Waals surface area contributed by atoms with E-state index in [4.69, 9.17) is 4.74 Å². The predicted molar refractivity (Wildman–Crippen MR) is 102 cm³/mol. The molecule has 0 heterocycles. The van der Waals surface area contributed by atoms with Crippen molar-refractivity contribution in [2.24, 2.45) is 0 Å². The Morgan fingerprint density at radius 1 is 1.08 bits per heavy atom. The average Bonchev–Trinajstić information content (AvgIpc) is 2.55. The molecule has 0 radical (unpaired) electrons. The number of thioether (sulfide) groups is 1. The molecule has 0 aliphatic carbocycles. The quantitative estimate of drug-likeness (QED) is 0.735. The van der Waals surface area contributed by atoms with Gasteiger partial charge < -0.3 is 10.1 Å². The highest BCUT2D eigenvalue weighted by Gasteiger charge is 2.05. The molecule has 0 atom stereocenters. The van der Waals surface area contributed by atoms with Gasteiger partial charge in [-0.05, 0) is 43.5 Å². The van der Waals surface area contributed by atoms with Crippen molar-refractivity contribution in [3.63, 3.8) is 0 Å². The standard InChI is InChI=1S/C20H25NO2S/c1-15-5-4-6-18(11-15)14-24-10-9-21-20(22)13-23-19-12-16(2)7-8-17(19)3/h4-8,11-12H,9-10,13-14H2,1-3H3,(H,21,22). The summed E-state index contributed by atoms with van der Waals surface area (Å²) in [6, 6.07) is 14.5. The number of carbonyl (C=O) groups excluding carboxylic acids is 1. The van der Waals surface area contributed by atoms with Crippen molar-refractivity contribution in [2.45, 2.75) is 26.5 Å². The number of hydrogen-bond donors (Lipinski definition) is 1. The molecule has 3 nitrogen and oxygen atoms in total. The van der Waals surface area contributed by atoms with E-state index in [0.29, 0.717) is 6.54 Å². The molecule has 0 aromatic heterocycles. The molecular formula is C20H25NO2S. The zero-order valence-corrected chi connectivity index (χ0v) is 15.4. The lowest BCUT2D eigenvalue weighted by atomic mass is 10.1. The fourth-order valence-electron chi connectivity index (χ4n) is 2.31. The van der Waals surface area contributed by atoms with E-state index in [9.17, 15) is 4.79 Å². The summed E-state index contributed by atoms with van der Waals surface area (Å²) < 4.78 is 5.60. The molecule has 4 heteroatoms. The molecule has 0 aliphatic heterocycles. The lowest BCUT2D eigenvalue weighted by molar-refractivity contribution is -0.122. The van der Waals surface area contributed by atoms with Crippen LogP contribution in [0.4, 0.5) is 0 Å². The van der Waals surface area contributed by atoms with Gasteiger partial charge in [0.2, 0.25) is 0 Å². The largest absolute Gasteiger partial charge is 0.483 e. The van der Waals surface area contributed by atoms with Crippen LogP contribution >= 0.6 is 11.8 Å². The molecule has 0 spiro atoms. The first kappa shape index (κ1) is 18.4. The molecule has 0 saturated carbocycles. The van der Waals surface area contributed by atoms with Gasteiger partial charge in [0.1, 0.15) is 5.75 Å². The Morgan fingerprint density at radius 3 is 2.67 bits per heavy atom. The van der Waals surface area contributed by atoms with E-state index in [-0.39, 0.29) is 12.5 Å². The van der Waals surface area contributed by atoms with E-state index < -0.39 is 0 Å². The molecule has 24 heavy (non-hydrogen) atoms. The fourth-order valence-corrected chi connectivity index (χ4v) is 3.12. The lowest BCUT2D eigenvalue weighted by Gasteiger charge is -2.10. The summed E-state index contributed by atoms with van der Waals surface area (Å²) in [5, 5.41) is 2.90. The second kappa shape index (κ2) is 9.38. The fraction of sp³-hybridized carbons (Fsp3) is 0.350. The summed E-state index contributed by atoms with van der Waals surface area (Å²) in [5.74, 6) is 2.56. The highest BCUT2D eigenvalue weighted by atomic mass is 32.2. The molecule has 2 rings (SSSR count). The van der Waals surface area contributed by atoms with Crippen molar-refractivity contribution in [2.75, 3.05) is 18.9 Å². The Morgan fingerprint density at radius 2 is 1.88 bits per heavy atom. The number of ether oxygens (including phenoxy) is 1. The van der Waals surface area contributed by atoms with Gasteiger partial charge in [0.25, 0.3) is 5.91 Å². The molecule has 0 bridgehead atoms. The second-order valence-electron chi connectivity index (χ2n) is 5.95. The third-order valence-electron chi connectivity index (χ3n) is 3.62. The summed E-state index contributed by atoms with van der Waals surface area (Å²) >= 11 is 1.82. The molecule has 1 N–H and O–H groups in total. The summed E-state index contributed by atoms with van der Waals surface area (Å²) in [6.45, 7) is 6.81. The molecule has 0 aliphatic rings. The molecule has 1 amide bonds. The van der Waals surface area contributed by atoms with Crippen LogP contribution in [0.5, 0.6) is 5.75 Å². The Kier molecular flexibility index (Phi) is 7.19. The highest BCUT2D eigenvalue weighted by molar-refractivity contribution is 7.98. The van der Waals surface area contributed by atoms with Crippen molar-refractivity contribution in [1.29, 1.82) is 0 Å². The summed E-state index contributed by atoms with van der Waals surface area (Å²) in [5.41, 5.74) is 4.78. The number of amides is 1. The van der Waals surface area contributed by atoms with Crippen LogP contribution in [0.25, 0.3) is 0 Å². The van der Waals surface area contributed by atoms with Crippen LogP contribution in [0.2, 0.25) is 0 Å². The number of hydrogen-bond acceptors (Lipinski definition) is 3. The minimum atomic E-state index is -0.0768. The van der Waals surface area contributed by atoms with Crippen LogP contribution in [-0.4, -0.2) is 24.8 Å². The zero-order chi connectivity index (χ0) is 17.4. The molecule has 0 fully saturated rings. The minimum absolute atomic E-state index is 0.0623. The van der Waals surface area contributed by atoms with Crippen LogP contribution in [0.3, 0.4) is 0 Å². The second-order valence-corrected chi connectivity index (χ2v) is 7.05. The Balaban J connectivity index is 1.62. The van der Waals surface area contributed by atoms with E-state index in [1.807, 2.05) is 43.8 Å². The number of carbonyl (C=O) groups is 1. The molecule has 2 aromatic rings. The van der Waals surface area contributed by atoms with E-state index >= 15 is 0 Å². The average molecular weight is 343 g/mol. The molecule has 2 aromatic carbocycles. The van der Waals surface area contributed by atoms with Crippen LogP contribution in [0, 0.1) is 20.8 Å². The maximum Gasteiger partial charge on any atom is 0.257 e. The normalized spacial score (nSPS) is 10.5. The maximum absolute atomic E-state index is 11.8. The maximum atomic E-state index is 11.8. The molecule has 0 saturated heterocycles. The number of aryl methyl sites for hydroxylation is 3. The van der Waals surface area contributed by atoms with Crippen molar-refractivity contribution in [1.82, 2.24) is 5.32 Å². The van der Waals surface area contributed by atoms with Crippen LogP contribution in [0.1, 0.15) is 22.3 Å². The lowest BCUT2D eigenvalue weighted by Crippen LogP contribution is -2.30. The number of nitrogens with one attached hydrogen (secondary N) is 1. The van der Waals surface area contributed by atoms with Gasteiger partial charge in [0.05, 0.1) is 0 Å². The number of rotatable bonds is 8. The number of benzene rings is 2. The van der Waals surface area contributed by atoms with Crippen LogP contribution < -0.4 is 10.1 Å². The predicted octanol–water partition coefficient (Wildman–Crippen LogP) is 4.04. The van der Waals surface area contributed by atoms with Crippen molar-refractivity contribution in [3.05, 3.63) is 64.7 Å². The van der Waals surface area contributed by atoms with Gasteiger partial charge in [-0.2, -0.15) is 11.8 Å². The van der Waals surface area contributed by atoms with Gasteiger partial charge in [-0.15, -0.1) is 0 Å². The van der Waals surface area contributed by atoms with Gasteiger partial charge in [-0.25, -0.2) is 0 Å². The topological polar surface area (TPSA) is 38.3 Å². The molecular weight excluding hydrogens is 318 g/mol. The monoisotopic (exact) mass is 343 g/mol. The van der Waals surface area contributed by atoms with E-state index in [0.717, 1.165) is 28.4 Å². The first-order chi connectivity index (χ1) is 11.5. The van der Waals surface area contributed by atoms with Crippen molar-refractivity contribution in [3.8, 4) is 5.75 Å². The smallest absolute Gasteiger partial charge is 0.257 e. The molecule has 128 valence electrons. The summed E-state index contributed by atoms with van der Waals surface area (Å²) in [4.78, 5) is 11.8. The summed E-state index contributed by atoms with van der Waals surface area (Å²) in [6.07, 6.45) is 0. The molecule has 0 unspecified atom stereocenters. The minimum Gasteiger partial charge on any atom is -0.483 e. The van der Waals surface area contributed by atoms with Crippen LogP contribution in [-0.2, 0) is 10.5 Å².